The number of hydrogen-bond acceptors (Lipinski definition) is 5. The predicted octanol–water partition coefficient (Wildman–Crippen LogP) is 1.61. The molecule has 0 radical (unpaired) electrons. The molecule has 2 N–H and O–H groups in total. The summed E-state index contributed by atoms with van der Waals surface area (Å²) in [6, 6.07) is 9.58. The Morgan fingerprint density at radius 1 is 1.08 bits per heavy atom. The fourth-order valence-electron chi connectivity index (χ4n) is 2.94. The summed E-state index contributed by atoms with van der Waals surface area (Å²) in [4.78, 5) is 29.4. The smallest absolute Gasteiger partial charge is 0.280 e. The maximum atomic E-state index is 13.1. The number of aromatic nitrogens is 3. The van der Waals surface area contributed by atoms with Gasteiger partial charge in [0.1, 0.15) is 5.82 Å². The van der Waals surface area contributed by atoms with Gasteiger partial charge < -0.3 is 10.2 Å². The minimum Gasteiger partial charge on any atom is -0.504 e. The van der Waals surface area contributed by atoms with Crippen molar-refractivity contribution in [2.24, 2.45) is 0 Å². The molecule has 4 rings (SSSR count). The molecule has 130 valence electrons. The van der Waals surface area contributed by atoms with Gasteiger partial charge in [-0.2, -0.15) is 0 Å². The van der Waals surface area contributed by atoms with Crippen molar-refractivity contribution in [1.82, 2.24) is 14.0 Å². The van der Waals surface area contributed by atoms with E-state index in [2.05, 4.69) is 4.98 Å². The molecule has 0 aliphatic carbocycles. The van der Waals surface area contributed by atoms with Crippen LogP contribution >= 0.6 is 0 Å². The normalized spacial score (nSPS) is 11.3. The van der Waals surface area contributed by atoms with Crippen LogP contribution in [0, 0.1) is 5.82 Å². The van der Waals surface area contributed by atoms with Gasteiger partial charge >= 0.3 is 0 Å². The molecule has 0 saturated carbocycles. The molecule has 0 bridgehead atoms. The first-order valence-corrected chi connectivity index (χ1v) is 7.67. The van der Waals surface area contributed by atoms with Gasteiger partial charge in [0.2, 0.25) is 0 Å². The van der Waals surface area contributed by atoms with E-state index < -0.39 is 28.4 Å². The second-order valence-electron chi connectivity index (χ2n) is 5.76. The standard InChI is InChI=1S/C18H12FN3O4/c19-11-5-3-10(4-6-11)9-21-17-12(2-1-7-20-17)22-14(24)8-13(23)16(25)15(22)18(21)26/h1-8,23,25H,9H2. The van der Waals surface area contributed by atoms with Crippen LogP contribution in [-0.4, -0.2) is 24.2 Å². The quantitative estimate of drug-likeness (QED) is 0.534. The van der Waals surface area contributed by atoms with Gasteiger partial charge in [-0.25, -0.2) is 9.37 Å². The number of fused-ring (bicyclic) bond motifs is 3. The molecular formula is C18H12FN3O4. The zero-order chi connectivity index (χ0) is 18.4. The molecule has 26 heavy (non-hydrogen) atoms. The number of benzene rings is 1. The molecule has 1 aromatic carbocycles. The summed E-state index contributed by atoms with van der Waals surface area (Å²) in [5, 5.41) is 19.9. The van der Waals surface area contributed by atoms with E-state index in [-0.39, 0.29) is 17.7 Å². The molecule has 0 aliphatic rings. The number of hydrogen-bond donors (Lipinski definition) is 2. The van der Waals surface area contributed by atoms with Crippen molar-refractivity contribution in [2.75, 3.05) is 0 Å². The average Bonchev–Trinajstić information content (AvgIpc) is 2.63. The molecule has 0 aliphatic heterocycles. The van der Waals surface area contributed by atoms with Crippen LogP contribution in [0.15, 0.2) is 58.3 Å². The maximum absolute atomic E-state index is 13.1. The van der Waals surface area contributed by atoms with Crippen molar-refractivity contribution in [3.05, 3.63) is 80.7 Å². The van der Waals surface area contributed by atoms with Gasteiger partial charge in [-0.3, -0.25) is 18.6 Å². The minimum absolute atomic E-state index is 0.0480. The Labute approximate surface area is 144 Å². The summed E-state index contributed by atoms with van der Waals surface area (Å²) < 4.78 is 15.4. The third kappa shape index (κ3) is 2.31. The van der Waals surface area contributed by atoms with Crippen LogP contribution in [0.5, 0.6) is 11.5 Å². The lowest BCUT2D eigenvalue weighted by Crippen LogP contribution is -2.28. The van der Waals surface area contributed by atoms with Crippen molar-refractivity contribution >= 4 is 16.7 Å². The number of rotatable bonds is 2. The molecule has 0 unspecified atom stereocenters. The van der Waals surface area contributed by atoms with Crippen LogP contribution < -0.4 is 11.1 Å². The van der Waals surface area contributed by atoms with Crippen molar-refractivity contribution in [2.45, 2.75) is 6.54 Å². The molecule has 0 spiro atoms. The number of pyridine rings is 2. The van der Waals surface area contributed by atoms with E-state index in [0.29, 0.717) is 11.1 Å². The minimum atomic E-state index is -0.703. The van der Waals surface area contributed by atoms with Crippen LogP contribution in [-0.2, 0) is 6.54 Å². The first kappa shape index (κ1) is 15.8. The van der Waals surface area contributed by atoms with E-state index in [1.165, 1.54) is 35.0 Å². The first-order chi connectivity index (χ1) is 12.5. The first-order valence-electron chi connectivity index (χ1n) is 7.67. The molecule has 0 amide bonds. The average molecular weight is 353 g/mol. The van der Waals surface area contributed by atoms with E-state index in [0.717, 1.165) is 10.5 Å². The largest absolute Gasteiger partial charge is 0.504 e. The Morgan fingerprint density at radius 2 is 1.81 bits per heavy atom. The summed E-state index contributed by atoms with van der Waals surface area (Å²) in [6.07, 6.45) is 1.47. The lowest BCUT2D eigenvalue weighted by atomic mass is 10.2. The van der Waals surface area contributed by atoms with Crippen LogP contribution in [0.3, 0.4) is 0 Å². The molecule has 7 nitrogen and oxygen atoms in total. The van der Waals surface area contributed by atoms with E-state index >= 15 is 0 Å². The topological polar surface area (TPSA) is 96.8 Å². The van der Waals surface area contributed by atoms with Crippen LogP contribution in [0.25, 0.3) is 16.7 Å². The Morgan fingerprint density at radius 3 is 2.54 bits per heavy atom. The van der Waals surface area contributed by atoms with Crippen molar-refractivity contribution in [3.8, 4) is 11.5 Å². The third-order valence-electron chi connectivity index (χ3n) is 4.14. The molecule has 4 aromatic rings. The SMILES string of the molecule is O=c1c2c(O)c(O)cc(=O)n2c2cccnc2n1Cc1ccc(F)cc1. The Hall–Kier alpha value is -3.68. The van der Waals surface area contributed by atoms with Crippen molar-refractivity contribution < 1.29 is 14.6 Å². The summed E-state index contributed by atoms with van der Waals surface area (Å²) in [7, 11) is 0. The Kier molecular flexibility index (Phi) is 3.47. The van der Waals surface area contributed by atoms with E-state index in [1.807, 2.05) is 0 Å². The third-order valence-corrected chi connectivity index (χ3v) is 4.14. The van der Waals surface area contributed by atoms with Crippen LogP contribution in [0.2, 0.25) is 0 Å². The van der Waals surface area contributed by atoms with E-state index in [9.17, 15) is 24.2 Å². The second kappa shape index (κ2) is 5.69. The molecule has 3 heterocycles. The van der Waals surface area contributed by atoms with Gasteiger partial charge in [0.05, 0.1) is 12.1 Å². The fraction of sp³-hybridized carbons (Fsp3) is 0.0556. The Bertz CT molecular complexity index is 1280. The molecule has 0 fully saturated rings. The highest BCUT2D eigenvalue weighted by Gasteiger charge is 2.19. The molecular weight excluding hydrogens is 341 g/mol. The van der Waals surface area contributed by atoms with Crippen molar-refractivity contribution in [1.29, 1.82) is 0 Å². The zero-order valence-electron chi connectivity index (χ0n) is 13.3. The van der Waals surface area contributed by atoms with Crippen molar-refractivity contribution in [3.63, 3.8) is 0 Å². The van der Waals surface area contributed by atoms with Gasteiger partial charge in [-0.05, 0) is 29.8 Å². The van der Waals surface area contributed by atoms with Gasteiger partial charge in [-0.1, -0.05) is 12.1 Å². The van der Waals surface area contributed by atoms with Gasteiger partial charge in [0, 0.05) is 12.3 Å². The Balaban J connectivity index is 2.13. The van der Waals surface area contributed by atoms with Gasteiger partial charge in [0.25, 0.3) is 11.1 Å². The lowest BCUT2D eigenvalue weighted by molar-refractivity contribution is 0.404. The molecule has 0 saturated heterocycles. The van der Waals surface area contributed by atoms with Gasteiger partial charge in [0.15, 0.2) is 22.7 Å². The van der Waals surface area contributed by atoms with Crippen LogP contribution in [0.4, 0.5) is 4.39 Å². The number of halogens is 1. The molecule has 8 heteroatoms. The number of nitrogens with zero attached hydrogens (tertiary/aromatic N) is 3. The molecule has 0 atom stereocenters. The predicted molar refractivity (Wildman–Crippen MR) is 92.1 cm³/mol. The highest BCUT2D eigenvalue weighted by atomic mass is 19.1. The number of aromatic hydroxyl groups is 2. The highest BCUT2D eigenvalue weighted by Crippen LogP contribution is 2.27. The summed E-state index contributed by atoms with van der Waals surface area (Å²) in [5.41, 5.74) is -0.569. The van der Waals surface area contributed by atoms with Gasteiger partial charge in [-0.15, -0.1) is 0 Å². The molecule has 3 aromatic heterocycles. The fourth-order valence-corrected chi connectivity index (χ4v) is 2.94. The monoisotopic (exact) mass is 353 g/mol. The lowest BCUT2D eigenvalue weighted by Gasteiger charge is -2.14. The highest BCUT2D eigenvalue weighted by molar-refractivity contribution is 5.78. The summed E-state index contributed by atoms with van der Waals surface area (Å²) >= 11 is 0. The summed E-state index contributed by atoms with van der Waals surface area (Å²) in [6.45, 7) is 0.0480. The van der Waals surface area contributed by atoms with E-state index in [1.54, 1.807) is 12.1 Å². The van der Waals surface area contributed by atoms with E-state index in [4.69, 9.17) is 0 Å². The second-order valence-corrected chi connectivity index (χ2v) is 5.76. The summed E-state index contributed by atoms with van der Waals surface area (Å²) in [5.74, 6) is -1.77. The maximum Gasteiger partial charge on any atom is 0.280 e. The zero-order valence-corrected chi connectivity index (χ0v) is 13.3. The van der Waals surface area contributed by atoms with Crippen LogP contribution in [0.1, 0.15) is 5.56 Å².